The Hall–Kier alpha value is -2.94. The van der Waals surface area contributed by atoms with Crippen molar-refractivity contribution in [3.8, 4) is 11.5 Å². The first-order valence-electron chi connectivity index (χ1n) is 9.41. The van der Waals surface area contributed by atoms with E-state index in [0.29, 0.717) is 12.5 Å². The lowest BCUT2D eigenvalue weighted by atomic mass is 10.2. The Bertz CT molecular complexity index is 813. The molecule has 0 aliphatic rings. The van der Waals surface area contributed by atoms with Crippen LogP contribution in [0.25, 0.3) is 0 Å². The summed E-state index contributed by atoms with van der Waals surface area (Å²) in [5.41, 5.74) is 3.43. The summed E-state index contributed by atoms with van der Waals surface area (Å²) in [6, 6.07) is 26.5. The zero-order chi connectivity index (χ0) is 18.9. The summed E-state index contributed by atoms with van der Waals surface area (Å²) < 4.78 is 11.6. The molecular formula is C24H27NO2. The van der Waals surface area contributed by atoms with Gasteiger partial charge in [-0.1, -0.05) is 56.3 Å². The van der Waals surface area contributed by atoms with Gasteiger partial charge in [0.15, 0.2) is 0 Å². The second-order valence-corrected chi connectivity index (χ2v) is 7.00. The van der Waals surface area contributed by atoms with E-state index in [-0.39, 0.29) is 0 Å². The molecule has 0 fully saturated rings. The van der Waals surface area contributed by atoms with Crippen LogP contribution in [0, 0.1) is 5.92 Å². The number of anilines is 1. The van der Waals surface area contributed by atoms with Crippen molar-refractivity contribution in [1.82, 2.24) is 0 Å². The van der Waals surface area contributed by atoms with Crippen molar-refractivity contribution < 1.29 is 9.47 Å². The number of nitrogens with one attached hydrogen (secondary N) is 1. The van der Waals surface area contributed by atoms with E-state index < -0.39 is 0 Å². The van der Waals surface area contributed by atoms with Gasteiger partial charge in [0.25, 0.3) is 0 Å². The van der Waals surface area contributed by atoms with Crippen LogP contribution < -0.4 is 14.8 Å². The lowest BCUT2D eigenvalue weighted by molar-refractivity contribution is 0.271. The molecule has 0 radical (unpaired) electrons. The molecule has 1 N–H and O–H groups in total. The topological polar surface area (TPSA) is 30.5 Å². The van der Waals surface area contributed by atoms with E-state index in [1.807, 2.05) is 54.6 Å². The third-order valence-corrected chi connectivity index (χ3v) is 4.08. The highest BCUT2D eigenvalue weighted by Crippen LogP contribution is 2.19. The van der Waals surface area contributed by atoms with Gasteiger partial charge in [0, 0.05) is 12.2 Å². The maximum Gasteiger partial charge on any atom is 0.119 e. The van der Waals surface area contributed by atoms with Gasteiger partial charge in [-0.05, 0) is 53.4 Å². The van der Waals surface area contributed by atoms with Crippen LogP contribution >= 0.6 is 0 Å². The van der Waals surface area contributed by atoms with Crippen molar-refractivity contribution in [3.63, 3.8) is 0 Å². The largest absolute Gasteiger partial charge is 0.493 e. The molecule has 0 bridgehead atoms. The predicted octanol–water partition coefficient (Wildman–Crippen LogP) is 5.91. The van der Waals surface area contributed by atoms with Gasteiger partial charge < -0.3 is 14.8 Å². The van der Waals surface area contributed by atoms with Crippen LogP contribution in [0.4, 0.5) is 5.69 Å². The molecule has 140 valence electrons. The summed E-state index contributed by atoms with van der Waals surface area (Å²) in [5, 5.41) is 3.44. The molecule has 0 aromatic heterocycles. The van der Waals surface area contributed by atoms with Gasteiger partial charge in [-0.3, -0.25) is 0 Å². The average molecular weight is 361 g/mol. The Morgan fingerprint density at radius 1 is 0.741 bits per heavy atom. The molecule has 0 saturated carbocycles. The van der Waals surface area contributed by atoms with E-state index in [2.05, 4.69) is 43.4 Å². The lowest BCUT2D eigenvalue weighted by Gasteiger charge is -2.11. The van der Waals surface area contributed by atoms with Gasteiger partial charge in [0.2, 0.25) is 0 Å². The average Bonchev–Trinajstić information content (AvgIpc) is 2.71. The summed E-state index contributed by atoms with van der Waals surface area (Å²) in [6.45, 7) is 6.37. The number of hydrogen-bond donors (Lipinski definition) is 1. The minimum absolute atomic E-state index is 0.523. The molecule has 0 atom stereocenters. The summed E-state index contributed by atoms with van der Waals surface area (Å²) in [5.74, 6) is 2.32. The summed E-state index contributed by atoms with van der Waals surface area (Å²) in [6.07, 6.45) is 0. The van der Waals surface area contributed by atoms with Crippen LogP contribution in [0.3, 0.4) is 0 Å². The molecule has 3 aromatic rings. The molecule has 3 aromatic carbocycles. The first-order valence-corrected chi connectivity index (χ1v) is 9.41. The van der Waals surface area contributed by atoms with Crippen LogP contribution in [0.5, 0.6) is 11.5 Å². The normalized spacial score (nSPS) is 10.6. The third-order valence-electron chi connectivity index (χ3n) is 4.08. The van der Waals surface area contributed by atoms with E-state index in [9.17, 15) is 0 Å². The van der Waals surface area contributed by atoms with E-state index in [4.69, 9.17) is 9.47 Å². The van der Waals surface area contributed by atoms with E-state index in [1.54, 1.807) is 0 Å². The summed E-state index contributed by atoms with van der Waals surface area (Å²) >= 11 is 0. The van der Waals surface area contributed by atoms with E-state index >= 15 is 0 Å². The molecule has 27 heavy (non-hydrogen) atoms. The lowest BCUT2D eigenvalue weighted by Crippen LogP contribution is -2.05. The van der Waals surface area contributed by atoms with Crippen molar-refractivity contribution in [2.75, 3.05) is 11.9 Å². The second kappa shape index (κ2) is 9.67. The highest BCUT2D eigenvalue weighted by molar-refractivity contribution is 5.47. The fourth-order valence-electron chi connectivity index (χ4n) is 2.62. The molecule has 3 nitrogen and oxygen atoms in total. The SMILES string of the molecule is CC(C)COc1cccc(CNc2ccc(OCc3ccccc3)cc2)c1. The standard InChI is InChI=1S/C24H27NO2/c1-19(2)17-26-24-10-6-9-21(15-24)16-25-22-11-13-23(14-12-22)27-18-20-7-4-3-5-8-20/h3-15,19,25H,16-18H2,1-2H3. The van der Waals surface area contributed by atoms with E-state index in [0.717, 1.165) is 30.3 Å². The second-order valence-electron chi connectivity index (χ2n) is 7.00. The maximum absolute atomic E-state index is 5.83. The van der Waals surface area contributed by atoms with Crippen LogP contribution in [-0.2, 0) is 13.2 Å². The van der Waals surface area contributed by atoms with Gasteiger partial charge in [0.05, 0.1) is 6.61 Å². The minimum atomic E-state index is 0.523. The molecule has 0 aliphatic carbocycles. The first kappa shape index (κ1) is 18.8. The molecule has 0 amide bonds. The van der Waals surface area contributed by atoms with Crippen molar-refractivity contribution >= 4 is 5.69 Å². The summed E-state index contributed by atoms with van der Waals surface area (Å²) in [7, 11) is 0. The minimum Gasteiger partial charge on any atom is -0.493 e. The van der Waals surface area contributed by atoms with Crippen molar-refractivity contribution in [1.29, 1.82) is 0 Å². The molecule has 0 saturated heterocycles. The van der Waals surface area contributed by atoms with Gasteiger partial charge in [-0.15, -0.1) is 0 Å². The van der Waals surface area contributed by atoms with Crippen molar-refractivity contribution in [2.45, 2.75) is 27.0 Å². The number of ether oxygens (including phenoxy) is 2. The molecule has 0 aliphatic heterocycles. The van der Waals surface area contributed by atoms with E-state index in [1.165, 1.54) is 11.1 Å². The predicted molar refractivity (Wildman–Crippen MR) is 111 cm³/mol. The first-order chi connectivity index (χ1) is 13.2. The Kier molecular flexibility index (Phi) is 6.75. The van der Waals surface area contributed by atoms with Crippen molar-refractivity contribution in [2.24, 2.45) is 5.92 Å². The highest BCUT2D eigenvalue weighted by atomic mass is 16.5. The number of rotatable bonds is 9. The van der Waals surface area contributed by atoms with Crippen LogP contribution in [0.1, 0.15) is 25.0 Å². The van der Waals surface area contributed by atoms with Crippen molar-refractivity contribution in [3.05, 3.63) is 90.0 Å². The summed E-state index contributed by atoms with van der Waals surface area (Å²) in [4.78, 5) is 0. The number of hydrogen-bond acceptors (Lipinski definition) is 3. The Morgan fingerprint density at radius 3 is 2.22 bits per heavy atom. The van der Waals surface area contributed by atoms with Crippen LogP contribution in [0.15, 0.2) is 78.9 Å². The molecular weight excluding hydrogens is 334 g/mol. The fourth-order valence-corrected chi connectivity index (χ4v) is 2.62. The molecule has 3 rings (SSSR count). The molecule has 0 heterocycles. The van der Waals surface area contributed by atoms with Gasteiger partial charge >= 0.3 is 0 Å². The quantitative estimate of drug-likeness (QED) is 0.514. The van der Waals surface area contributed by atoms with Gasteiger partial charge in [-0.2, -0.15) is 0 Å². The monoisotopic (exact) mass is 361 g/mol. The zero-order valence-corrected chi connectivity index (χ0v) is 16.0. The van der Waals surface area contributed by atoms with Gasteiger partial charge in [-0.25, -0.2) is 0 Å². The third kappa shape index (κ3) is 6.37. The smallest absolute Gasteiger partial charge is 0.119 e. The van der Waals surface area contributed by atoms with Crippen LogP contribution in [-0.4, -0.2) is 6.61 Å². The fraction of sp³-hybridized carbons (Fsp3) is 0.250. The maximum atomic E-state index is 5.83. The number of benzene rings is 3. The van der Waals surface area contributed by atoms with Gasteiger partial charge in [0.1, 0.15) is 18.1 Å². The molecule has 0 unspecified atom stereocenters. The molecule has 3 heteroatoms. The Labute approximate surface area is 162 Å². The zero-order valence-electron chi connectivity index (χ0n) is 16.0. The Balaban J connectivity index is 1.49. The highest BCUT2D eigenvalue weighted by Gasteiger charge is 2.01. The molecule has 0 spiro atoms. The van der Waals surface area contributed by atoms with Crippen LogP contribution in [0.2, 0.25) is 0 Å². The Morgan fingerprint density at radius 2 is 1.48 bits per heavy atom.